The van der Waals surface area contributed by atoms with E-state index in [-0.39, 0.29) is 0 Å². The molecule has 1 aliphatic rings. The summed E-state index contributed by atoms with van der Waals surface area (Å²) in [6.45, 7) is 4.53. The van der Waals surface area contributed by atoms with Crippen molar-refractivity contribution >= 4 is 5.97 Å². The second-order valence-electron chi connectivity index (χ2n) is 4.18. The number of hydrogen-bond donors (Lipinski definition) is 1. The highest BCUT2D eigenvalue weighted by atomic mass is 16.4. The van der Waals surface area contributed by atoms with Crippen LogP contribution in [0.3, 0.4) is 0 Å². The largest absolute Gasteiger partial charge is 0.478 e. The summed E-state index contributed by atoms with van der Waals surface area (Å²) in [6, 6.07) is 5.38. The Kier molecular flexibility index (Phi) is 3.46. The molecular formula is C14H15NO2. The van der Waals surface area contributed by atoms with Crippen molar-refractivity contribution in [3.63, 3.8) is 0 Å². The summed E-state index contributed by atoms with van der Waals surface area (Å²) in [5.74, 6) is 5.07. The normalized spacial score (nSPS) is 13.9. The lowest BCUT2D eigenvalue weighted by atomic mass is 10.1. The van der Waals surface area contributed by atoms with E-state index >= 15 is 0 Å². The molecule has 2 rings (SSSR count). The van der Waals surface area contributed by atoms with Crippen molar-refractivity contribution in [2.75, 3.05) is 6.54 Å². The molecule has 88 valence electrons. The summed E-state index contributed by atoms with van der Waals surface area (Å²) < 4.78 is 0. The van der Waals surface area contributed by atoms with Gasteiger partial charge in [0.1, 0.15) is 0 Å². The van der Waals surface area contributed by atoms with Crippen LogP contribution in [0.2, 0.25) is 0 Å². The number of nitrogens with zero attached hydrogens (tertiary/aromatic N) is 1. The van der Waals surface area contributed by atoms with Gasteiger partial charge in [-0.3, -0.25) is 4.90 Å². The summed E-state index contributed by atoms with van der Waals surface area (Å²) in [5, 5.41) is 8.92. The van der Waals surface area contributed by atoms with Crippen molar-refractivity contribution in [2.45, 2.75) is 26.4 Å². The average Bonchev–Trinajstić information content (AvgIpc) is 2.70. The molecule has 1 aromatic carbocycles. The molecule has 17 heavy (non-hydrogen) atoms. The van der Waals surface area contributed by atoms with Gasteiger partial charge in [0.2, 0.25) is 0 Å². The van der Waals surface area contributed by atoms with Gasteiger partial charge < -0.3 is 5.11 Å². The Labute approximate surface area is 101 Å². The third-order valence-electron chi connectivity index (χ3n) is 2.97. The van der Waals surface area contributed by atoms with Crippen LogP contribution in [0, 0.1) is 11.8 Å². The predicted octanol–water partition coefficient (Wildman–Crippen LogP) is 2.11. The van der Waals surface area contributed by atoms with Crippen molar-refractivity contribution < 1.29 is 9.90 Å². The Balaban J connectivity index is 2.05. The van der Waals surface area contributed by atoms with Gasteiger partial charge in [-0.2, -0.15) is 0 Å². The fraction of sp³-hybridized carbons (Fsp3) is 0.357. The fourth-order valence-electron chi connectivity index (χ4n) is 2.10. The molecule has 0 aliphatic carbocycles. The van der Waals surface area contributed by atoms with E-state index in [1.165, 1.54) is 5.56 Å². The standard InChI is InChI=1S/C14H15NO2/c1-2-3-4-7-15-9-12-6-5-11(14(16)17)8-13(12)10-15/h5-6,8H,4,7,9-10H2,1H3,(H,16,17). The molecule has 0 radical (unpaired) electrons. The van der Waals surface area contributed by atoms with Crippen LogP contribution in [0.5, 0.6) is 0 Å². The number of rotatable bonds is 3. The molecule has 0 aromatic heterocycles. The number of hydrogen-bond acceptors (Lipinski definition) is 2. The van der Waals surface area contributed by atoms with Crippen LogP contribution >= 0.6 is 0 Å². The van der Waals surface area contributed by atoms with Gasteiger partial charge in [0.15, 0.2) is 0 Å². The maximum absolute atomic E-state index is 10.9. The summed E-state index contributed by atoms with van der Waals surface area (Å²) in [4.78, 5) is 13.2. The monoisotopic (exact) mass is 229 g/mol. The van der Waals surface area contributed by atoms with Gasteiger partial charge in [-0.05, 0) is 30.2 Å². The summed E-state index contributed by atoms with van der Waals surface area (Å²) in [7, 11) is 0. The van der Waals surface area contributed by atoms with E-state index in [4.69, 9.17) is 5.11 Å². The minimum Gasteiger partial charge on any atom is -0.478 e. The molecular weight excluding hydrogens is 214 g/mol. The smallest absolute Gasteiger partial charge is 0.335 e. The molecule has 0 saturated carbocycles. The zero-order valence-electron chi connectivity index (χ0n) is 9.86. The summed E-state index contributed by atoms with van der Waals surface area (Å²) in [5.41, 5.74) is 2.74. The van der Waals surface area contributed by atoms with Gasteiger partial charge in [-0.1, -0.05) is 6.07 Å². The maximum atomic E-state index is 10.9. The molecule has 0 fully saturated rings. The van der Waals surface area contributed by atoms with E-state index in [1.807, 2.05) is 13.0 Å². The lowest BCUT2D eigenvalue weighted by Gasteiger charge is -2.11. The minimum atomic E-state index is -0.858. The predicted molar refractivity (Wildman–Crippen MR) is 65.6 cm³/mol. The van der Waals surface area contributed by atoms with Crippen LogP contribution < -0.4 is 0 Å². The molecule has 3 nitrogen and oxygen atoms in total. The van der Waals surface area contributed by atoms with E-state index in [0.717, 1.165) is 31.6 Å². The Morgan fingerprint density at radius 3 is 2.88 bits per heavy atom. The van der Waals surface area contributed by atoms with Crippen LogP contribution in [0.25, 0.3) is 0 Å². The second kappa shape index (κ2) is 5.03. The Morgan fingerprint density at radius 1 is 1.41 bits per heavy atom. The van der Waals surface area contributed by atoms with Crippen molar-refractivity contribution in [3.05, 3.63) is 34.9 Å². The number of carbonyl (C=O) groups is 1. The highest BCUT2D eigenvalue weighted by molar-refractivity contribution is 5.87. The molecule has 0 amide bonds. The number of aromatic carboxylic acids is 1. The van der Waals surface area contributed by atoms with Crippen LogP contribution in [-0.4, -0.2) is 22.5 Å². The molecule has 3 heteroatoms. The quantitative estimate of drug-likeness (QED) is 0.807. The molecule has 0 unspecified atom stereocenters. The summed E-state index contributed by atoms with van der Waals surface area (Å²) in [6.07, 6.45) is 0.871. The zero-order chi connectivity index (χ0) is 12.3. The number of benzene rings is 1. The minimum absolute atomic E-state index is 0.374. The fourth-order valence-corrected chi connectivity index (χ4v) is 2.10. The molecule has 0 atom stereocenters. The lowest BCUT2D eigenvalue weighted by molar-refractivity contribution is 0.0697. The van der Waals surface area contributed by atoms with Gasteiger partial charge in [0.05, 0.1) is 5.56 Å². The third-order valence-corrected chi connectivity index (χ3v) is 2.97. The number of carboxylic acids is 1. The molecule has 0 saturated heterocycles. The van der Waals surface area contributed by atoms with Crippen LogP contribution in [0.4, 0.5) is 0 Å². The third kappa shape index (κ3) is 2.66. The van der Waals surface area contributed by atoms with Crippen molar-refractivity contribution in [1.29, 1.82) is 0 Å². The first-order chi connectivity index (χ1) is 8.20. The average molecular weight is 229 g/mol. The maximum Gasteiger partial charge on any atom is 0.335 e. The molecule has 1 heterocycles. The number of fused-ring (bicyclic) bond motifs is 1. The van der Waals surface area contributed by atoms with E-state index in [0.29, 0.717) is 5.56 Å². The molecule has 1 N–H and O–H groups in total. The Bertz CT molecular complexity index is 497. The molecule has 1 aliphatic heterocycles. The first-order valence-electron chi connectivity index (χ1n) is 5.68. The highest BCUT2D eigenvalue weighted by Gasteiger charge is 2.19. The van der Waals surface area contributed by atoms with Crippen molar-refractivity contribution in [1.82, 2.24) is 4.90 Å². The van der Waals surface area contributed by atoms with E-state index in [1.54, 1.807) is 12.1 Å². The van der Waals surface area contributed by atoms with E-state index in [2.05, 4.69) is 16.7 Å². The lowest BCUT2D eigenvalue weighted by Crippen LogP contribution is -2.17. The first-order valence-corrected chi connectivity index (χ1v) is 5.68. The van der Waals surface area contributed by atoms with Crippen molar-refractivity contribution in [2.24, 2.45) is 0 Å². The summed E-state index contributed by atoms with van der Waals surface area (Å²) >= 11 is 0. The van der Waals surface area contributed by atoms with E-state index < -0.39 is 5.97 Å². The van der Waals surface area contributed by atoms with Crippen LogP contribution in [-0.2, 0) is 13.1 Å². The number of carboxylic acid groups (broad SMARTS) is 1. The van der Waals surface area contributed by atoms with Gasteiger partial charge in [-0.25, -0.2) is 4.79 Å². The molecule has 1 aromatic rings. The van der Waals surface area contributed by atoms with Crippen LogP contribution in [0.1, 0.15) is 34.8 Å². The Morgan fingerprint density at radius 2 is 2.18 bits per heavy atom. The SMILES string of the molecule is CC#CCCN1Cc2ccc(C(=O)O)cc2C1. The van der Waals surface area contributed by atoms with Gasteiger partial charge in [-0.15, -0.1) is 11.8 Å². The van der Waals surface area contributed by atoms with E-state index in [9.17, 15) is 4.79 Å². The highest BCUT2D eigenvalue weighted by Crippen LogP contribution is 2.23. The van der Waals surface area contributed by atoms with Gasteiger partial charge in [0.25, 0.3) is 0 Å². The molecule has 0 bridgehead atoms. The molecule has 0 spiro atoms. The first kappa shape index (κ1) is 11.7. The zero-order valence-corrected chi connectivity index (χ0v) is 9.86. The van der Waals surface area contributed by atoms with Gasteiger partial charge >= 0.3 is 5.97 Å². The van der Waals surface area contributed by atoms with Gasteiger partial charge in [0, 0.05) is 26.1 Å². The van der Waals surface area contributed by atoms with Crippen molar-refractivity contribution in [3.8, 4) is 11.8 Å². The Hall–Kier alpha value is -1.79. The topological polar surface area (TPSA) is 40.5 Å². The van der Waals surface area contributed by atoms with Crippen LogP contribution in [0.15, 0.2) is 18.2 Å². The second-order valence-corrected chi connectivity index (χ2v) is 4.18.